The predicted molar refractivity (Wildman–Crippen MR) is 114 cm³/mol. The Bertz CT molecular complexity index is 1290. The number of nitrogens with zero attached hydrogens (tertiary/aromatic N) is 5. The number of carbonyl (C=O) groups is 1. The van der Waals surface area contributed by atoms with Crippen LogP contribution < -0.4 is 4.74 Å². The van der Waals surface area contributed by atoms with E-state index >= 15 is 0 Å². The van der Waals surface area contributed by atoms with Gasteiger partial charge in [-0.3, -0.25) is 4.79 Å². The van der Waals surface area contributed by atoms with E-state index in [9.17, 15) is 4.79 Å². The van der Waals surface area contributed by atoms with E-state index in [0.717, 1.165) is 41.1 Å². The van der Waals surface area contributed by atoms with E-state index in [1.54, 1.807) is 19.5 Å². The number of hydrogen-bond acceptors (Lipinski definition) is 5. The van der Waals surface area contributed by atoms with Crippen LogP contribution in [-0.2, 0) is 0 Å². The summed E-state index contributed by atoms with van der Waals surface area (Å²) < 4.78 is 5.34. The van der Waals surface area contributed by atoms with Crippen LogP contribution in [-0.4, -0.2) is 49.4 Å². The summed E-state index contributed by atoms with van der Waals surface area (Å²) in [5, 5.41) is 8.47. The highest BCUT2D eigenvalue weighted by Crippen LogP contribution is 2.56. The number of imidazole rings is 1. The lowest BCUT2D eigenvalue weighted by atomic mass is 10.1. The molecule has 8 heteroatoms. The second-order valence-electron chi connectivity index (χ2n) is 8.41. The SMILES string of the molecule is COc1ccc2nc([C@@H]3[C@H]4C[C@H]4CN3C(=O)c3cc(C)ccc3-n3nccn3)[nH]c2c1. The van der Waals surface area contributed by atoms with E-state index in [2.05, 4.69) is 15.2 Å². The quantitative estimate of drug-likeness (QED) is 0.554. The number of ether oxygens (including phenoxy) is 1. The number of carbonyl (C=O) groups excluding carboxylic acids is 1. The van der Waals surface area contributed by atoms with E-state index in [1.807, 2.05) is 48.2 Å². The minimum Gasteiger partial charge on any atom is -0.497 e. The highest BCUT2D eigenvalue weighted by atomic mass is 16.5. The zero-order chi connectivity index (χ0) is 21.1. The first-order chi connectivity index (χ1) is 15.1. The number of benzene rings is 2. The van der Waals surface area contributed by atoms with Gasteiger partial charge in [0, 0.05) is 12.6 Å². The number of amides is 1. The molecule has 6 rings (SSSR count). The van der Waals surface area contributed by atoms with Crippen molar-refractivity contribution in [1.82, 2.24) is 29.9 Å². The van der Waals surface area contributed by atoms with Crippen molar-refractivity contribution in [3.63, 3.8) is 0 Å². The van der Waals surface area contributed by atoms with E-state index in [-0.39, 0.29) is 11.9 Å². The Morgan fingerprint density at radius 2 is 2.00 bits per heavy atom. The molecule has 0 bridgehead atoms. The van der Waals surface area contributed by atoms with Crippen LogP contribution in [0.1, 0.15) is 34.2 Å². The minimum absolute atomic E-state index is 0.00811. The zero-order valence-corrected chi connectivity index (χ0v) is 17.3. The molecule has 1 saturated carbocycles. The fourth-order valence-electron chi connectivity index (χ4n) is 4.79. The maximum absolute atomic E-state index is 13.8. The second-order valence-corrected chi connectivity index (χ2v) is 8.41. The maximum Gasteiger partial charge on any atom is 0.256 e. The van der Waals surface area contributed by atoms with Crippen molar-refractivity contribution in [3.8, 4) is 11.4 Å². The molecule has 2 fully saturated rings. The van der Waals surface area contributed by atoms with Crippen LogP contribution in [0.5, 0.6) is 5.75 Å². The van der Waals surface area contributed by atoms with Crippen molar-refractivity contribution < 1.29 is 9.53 Å². The molecule has 3 heterocycles. The summed E-state index contributed by atoms with van der Waals surface area (Å²) in [6.07, 6.45) is 4.37. The van der Waals surface area contributed by atoms with Gasteiger partial charge in [-0.25, -0.2) is 4.98 Å². The lowest BCUT2D eigenvalue weighted by Gasteiger charge is -2.27. The van der Waals surface area contributed by atoms with Crippen LogP contribution in [0.4, 0.5) is 0 Å². The molecule has 1 N–H and O–H groups in total. The lowest BCUT2D eigenvalue weighted by Crippen LogP contribution is -2.34. The molecule has 3 atom stereocenters. The van der Waals surface area contributed by atoms with E-state index in [4.69, 9.17) is 9.72 Å². The van der Waals surface area contributed by atoms with Crippen molar-refractivity contribution in [2.24, 2.45) is 11.8 Å². The third-order valence-electron chi connectivity index (χ3n) is 6.41. The summed E-state index contributed by atoms with van der Waals surface area (Å²) in [7, 11) is 1.65. The Balaban J connectivity index is 1.40. The number of aromatic nitrogens is 5. The number of nitrogens with one attached hydrogen (secondary N) is 1. The van der Waals surface area contributed by atoms with Crippen LogP contribution in [0.3, 0.4) is 0 Å². The van der Waals surface area contributed by atoms with E-state index in [0.29, 0.717) is 23.1 Å². The van der Waals surface area contributed by atoms with Gasteiger partial charge < -0.3 is 14.6 Å². The molecule has 1 amide bonds. The summed E-state index contributed by atoms with van der Waals surface area (Å²) in [4.78, 5) is 25.5. The number of aromatic amines is 1. The largest absolute Gasteiger partial charge is 0.497 e. The number of fused-ring (bicyclic) bond motifs is 2. The molecule has 1 saturated heterocycles. The molecule has 0 unspecified atom stereocenters. The number of likely N-dealkylation sites (tertiary alicyclic amines) is 1. The molecule has 1 aliphatic heterocycles. The van der Waals surface area contributed by atoms with Gasteiger partial charge in [-0.05, 0) is 49.4 Å². The van der Waals surface area contributed by atoms with Crippen LogP contribution >= 0.6 is 0 Å². The van der Waals surface area contributed by atoms with Gasteiger partial charge in [-0.1, -0.05) is 11.6 Å². The highest BCUT2D eigenvalue weighted by Gasteiger charge is 2.55. The Morgan fingerprint density at radius 3 is 2.81 bits per heavy atom. The fraction of sp³-hybridized carbons (Fsp3) is 0.304. The average Bonchev–Trinajstić information content (AvgIpc) is 3.19. The molecule has 4 aromatic rings. The van der Waals surface area contributed by atoms with Crippen molar-refractivity contribution in [2.75, 3.05) is 13.7 Å². The number of aryl methyl sites for hydroxylation is 1. The van der Waals surface area contributed by atoms with Gasteiger partial charge in [-0.15, -0.1) is 0 Å². The van der Waals surface area contributed by atoms with Crippen LogP contribution in [0.2, 0.25) is 0 Å². The first kappa shape index (κ1) is 18.1. The lowest BCUT2D eigenvalue weighted by molar-refractivity contribution is 0.0698. The molecular weight excluding hydrogens is 392 g/mol. The monoisotopic (exact) mass is 414 g/mol. The van der Waals surface area contributed by atoms with Gasteiger partial charge >= 0.3 is 0 Å². The van der Waals surface area contributed by atoms with Gasteiger partial charge in [0.1, 0.15) is 11.6 Å². The first-order valence-corrected chi connectivity index (χ1v) is 10.4. The van der Waals surface area contributed by atoms with Gasteiger partial charge in [0.05, 0.1) is 47.8 Å². The second kappa shape index (κ2) is 6.66. The normalized spacial score (nSPS) is 22.0. The van der Waals surface area contributed by atoms with Crippen molar-refractivity contribution in [3.05, 3.63) is 65.7 Å². The smallest absolute Gasteiger partial charge is 0.256 e. The van der Waals surface area contributed by atoms with E-state index < -0.39 is 0 Å². The molecule has 2 aliphatic rings. The summed E-state index contributed by atoms with van der Waals surface area (Å²) in [5.74, 6) is 2.59. The average molecular weight is 414 g/mol. The summed E-state index contributed by atoms with van der Waals surface area (Å²) >= 11 is 0. The molecule has 2 aromatic carbocycles. The Morgan fingerprint density at radius 1 is 1.16 bits per heavy atom. The summed E-state index contributed by atoms with van der Waals surface area (Å²) in [6, 6.07) is 11.5. The Kier molecular flexibility index (Phi) is 3.89. The fourth-order valence-corrected chi connectivity index (χ4v) is 4.79. The van der Waals surface area contributed by atoms with Crippen molar-refractivity contribution in [1.29, 1.82) is 0 Å². The summed E-state index contributed by atoms with van der Waals surface area (Å²) in [5.41, 5.74) is 4.12. The zero-order valence-electron chi connectivity index (χ0n) is 17.3. The Hall–Kier alpha value is -3.68. The number of rotatable bonds is 4. The van der Waals surface area contributed by atoms with Crippen molar-refractivity contribution >= 4 is 16.9 Å². The van der Waals surface area contributed by atoms with Gasteiger partial charge in [0.2, 0.25) is 0 Å². The third-order valence-corrected chi connectivity index (χ3v) is 6.41. The van der Waals surface area contributed by atoms with Gasteiger partial charge in [0.25, 0.3) is 5.91 Å². The van der Waals surface area contributed by atoms with Crippen molar-refractivity contribution in [2.45, 2.75) is 19.4 Å². The molecule has 0 radical (unpaired) electrons. The molecular formula is C23H22N6O2. The molecule has 8 nitrogen and oxygen atoms in total. The molecule has 1 aliphatic carbocycles. The Labute approximate surface area is 178 Å². The highest BCUT2D eigenvalue weighted by molar-refractivity contribution is 5.98. The maximum atomic E-state index is 13.8. The topological polar surface area (TPSA) is 88.9 Å². The molecule has 0 spiro atoms. The van der Waals surface area contributed by atoms with Crippen LogP contribution in [0.25, 0.3) is 16.7 Å². The van der Waals surface area contributed by atoms with Gasteiger partial charge in [0.15, 0.2) is 0 Å². The molecule has 156 valence electrons. The van der Waals surface area contributed by atoms with Crippen LogP contribution in [0, 0.1) is 18.8 Å². The predicted octanol–water partition coefficient (Wildman–Crippen LogP) is 3.29. The number of H-pyrrole nitrogens is 1. The number of piperidine rings is 1. The number of methoxy groups -OCH3 is 1. The van der Waals surface area contributed by atoms with Crippen LogP contribution in [0.15, 0.2) is 48.8 Å². The molecule has 2 aromatic heterocycles. The van der Waals surface area contributed by atoms with Gasteiger partial charge in [-0.2, -0.15) is 15.0 Å². The summed E-state index contributed by atoms with van der Waals surface area (Å²) in [6.45, 7) is 2.73. The van der Waals surface area contributed by atoms with E-state index in [1.165, 1.54) is 4.80 Å². The standard InChI is InChI=1S/C23H22N6O2/c1-13-3-6-20(29-24-7-8-25-29)17(9-13)23(30)28-12-14-10-16(14)21(28)22-26-18-5-4-15(31-2)11-19(18)27-22/h3-9,11,14,16,21H,10,12H2,1-2H3,(H,26,27)/t14-,16-,21-/m0/s1. The third kappa shape index (κ3) is 2.90. The minimum atomic E-state index is -0.0603. The number of hydrogen-bond donors (Lipinski definition) is 1. The first-order valence-electron chi connectivity index (χ1n) is 10.4. The molecule has 31 heavy (non-hydrogen) atoms.